The van der Waals surface area contributed by atoms with Crippen molar-refractivity contribution in [2.45, 2.75) is 69.9 Å². The largest absolute Gasteiger partial charge is 0.381 e. The maximum atomic E-state index is 12.3. The van der Waals surface area contributed by atoms with Gasteiger partial charge in [0.15, 0.2) is 0 Å². The van der Waals surface area contributed by atoms with E-state index in [1.165, 1.54) is 44.9 Å². The Balaban J connectivity index is 1.60. The molecule has 1 aromatic heterocycles. The Morgan fingerprint density at radius 3 is 2.38 bits per heavy atom. The molecule has 4 nitrogen and oxygen atoms in total. The molecule has 0 bridgehead atoms. The number of nitrogens with zero attached hydrogens (tertiary/aromatic N) is 1. The highest BCUT2D eigenvalue weighted by Crippen LogP contribution is 2.22. The first-order valence-corrected chi connectivity index (χ1v) is 8.34. The van der Waals surface area contributed by atoms with Crippen LogP contribution in [0.15, 0.2) is 18.5 Å². The van der Waals surface area contributed by atoms with Gasteiger partial charge >= 0.3 is 0 Å². The monoisotopic (exact) mass is 287 g/mol. The van der Waals surface area contributed by atoms with E-state index in [0.717, 1.165) is 18.5 Å². The molecule has 1 amide bonds. The van der Waals surface area contributed by atoms with Crippen molar-refractivity contribution in [1.29, 1.82) is 0 Å². The fraction of sp³-hybridized carbons (Fsp3) is 0.647. The number of hydrogen-bond donors (Lipinski definition) is 2. The van der Waals surface area contributed by atoms with Gasteiger partial charge in [-0.05, 0) is 31.7 Å². The van der Waals surface area contributed by atoms with Crippen molar-refractivity contribution in [3.8, 4) is 0 Å². The van der Waals surface area contributed by atoms with E-state index in [1.807, 2.05) is 12.3 Å². The molecule has 0 aromatic carbocycles. The van der Waals surface area contributed by atoms with Gasteiger partial charge in [0.2, 0.25) is 0 Å². The summed E-state index contributed by atoms with van der Waals surface area (Å²) in [7, 11) is 0. The van der Waals surface area contributed by atoms with E-state index in [1.54, 1.807) is 6.20 Å². The van der Waals surface area contributed by atoms with E-state index in [2.05, 4.69) is 15.6 Å². The summed E-state index contributed by atoms with van der Waals surface area (Å²) >= 11 is 0. The first kappa shape index (κ1) is 14.4. The van der Waals surface area contributed by atoms with Crippen molar-refractivity contribution in [1.82, 2.24) is 10.3 Å². The highest BCUT2D eigenvalue weighted by molar-refractivity contribution is 5.94. The standard InChI is InChI=1S/C17H25N3O/c21-17(20-15-8-4-5-9-15)13-10-16(12-18-11-13)19-14-6-2-1-3-7-14/h10-12,14-15,19H,1-9H2,(H,20,21). The second-order valence-corrected chi connectivity index (χ2v) is 6.40. The summed E-state index contributed by atoms with van der Waals surface area (Å²) in [5.74, 6) is 0.0155. The normalized spacial score (nSPS) is 20.4. The SMILES string of the molecule is O=C(NC1CCCC1)c1cncc(NC2CCCCC2)c1. The minimum absolute atomic E-state index is 0.0155. The molecule has 0 radical (unpaired) electrons. The number of carbonyl (C=O) groups excluding carboxylic acids is 1. The van der Waals surface area contributed by atoms with Crippen LogP contribution in [0.5, 0.6) is 0 Å². The zero-order valence-corrected chi connectivity index (χ0v) is 12.6. The second kappa shape index (κ2) is 6.92. The summed E-state index contributed by atoms with van der Waals surface area (Å²) < 4.78 is 0. The summed E-state index contributed by atoms with van der Waals surface area (Å²) in [4.78, 5) is 16.5. The average Bonchev–Trinajstić information content (AvgIpc) is 3.01. The lowest BCUT2D eigenvalue weighted by atomic mass is 9.95. The van der Waals surface area contributed by atoms with Crippen LogP contribution in [-0.4, -0.2) is 23.0 Å². The van der Waals surface area contributed by atoms with E-state index in [9.17, 15) is 4.79 Å². The van der Waals surface area contributed by atoms with Crippen LogP contribution in [-0.2, 0) is 0 Å². The lowest BCUT2D eigenvalue weighted by Crippen LogP contribution is -2.32. The van der Waals surface area contributed by atoms with Crippen molar-refractivity contribution < 1.29 is 4.79 Å². The van der Waals surface area contributed by atoms with Gasteiger partial charge in [-0.3, -0.25) is 9.78 Å². The summed E-state index contributed by atoms with van der Waals surface area (Å²) in [6, 6.07) is 2.83. The van der Waals surface area contributed by atoms with E-state index in [4.69, 9.17) is 0 Å². The molecule has 0 aliphatic heterocycles. The number of rotatable bonds is 4. The Morgan fingerprint density at radius 1 is 0.952 bits per heavy atom. The van der Waals surface area contributed by atoms with Gasteiger partial charge in [0, 0.05) is 24.5 Å². The molecule has 2 saturated carbocycles. The summed E-state index contributed by atoms with van der Waals surface area (Å²) in [6.07, 6.45) is 14.5. The van der Waals surface area contributed by atoms with Crippen LogP contribution in [0.3, 0.4) is 0 Å². The number of anilines is 1. The van der Waals surface area contributed by atoms with Crippen molar-refractivity contribution in [3.05, 3.63) is 24.0 Å². The van der Waals surface area contributed by atoms with Gasteiger partial charge in [-0.2, -0.15) is 0 Å². The van der Waals surface area contributed by atoms with Gasteiger partial charge in [0.05, 0.1) is 11.3 Å². The molecular weight excluding hydrogens is 262 g/mol. The van der Waals surface area contributed by atoms with Crippen molar-refractivity contribution >= 4 is 11.6 Å². The average molecular weight is 287 g/mol. The third-order valence-corrected chi connectivity index (χ3v) is 4.67. The number of nitrogens with one attached hydrogen (secondary N) is 2. The van der Waals surface area contributed by atoms with Gasteiger partial charge in [-0.1, -0.05) is 32.1 Å². The fourth-order valence-corrected chi connectivity index (χ4v) is 3.46. The molecule has 0 unspecified atom stereocenters. The van der Waals surface area contributed by atoms with Gasteiger partial charge < -0.3 is 10.6 Å². The van der Waals surface area contributed by atoms with E-state index in [-0.39, 0.29) is 5.91 Å². The molecule has 2 aliphatic rings. The van der Waals surface area contributed by atoms with Crippen LogP contribution in [0.4, 0.5) is 5.69 Å². The molecular formula is C17H25N3O. The van der Waals surface area contributed by atoms with Gasteiger partial charge in [0.25, 0.3) is 5.91 Å². The molecule has 21 heavy (non-hydrogen) atoms. The molecule has 1 heterocycles. The van der Waals surface area contributed by atoms with Gasteiger partial charge in [-0.25, -0.2) is 0 Å². The quantitative estimate of drug-likeness (QED) is 0.891. The molecule has 0 saturated heterocycles. The Labute approximate surface area is 126 Å². The predicted octanol–water partition coefficient (Wildman–Crippen LogP) is 3.50. The topological polar surface area (TPSA) is 54.0 Å². The second-order valence-electron chi connectivity index (χ2n) is 6.40. The Bertz CT molecular complexity index is 477. The first-order chi connectivity index (χ1) is 10.3. The van der Waals surface area contributed by atoms with E-state index < -0.39 is 0 Å². The van der Waals surface area contributed by atoms with Crippen molar-refractivity contribution in [2.75, 3.05) is 5.32 Å². The van der Waals surface area contributed by atoms with E-state index in [0.29, 0.717) is 17.6 Å². The molecule has 0 spiro atoms. The van der Waals surface area contributed by atoms with Gasteiger partial charge in [-0.15, -0.1) is 0 Å². The number of pyridine rings is 1. The third-order valence-electron chi connectivity index (χ3n) is 4.67. The first-order valence-electron chi connectivity index (χ1n) is 8.34. The highest BCUT2D eigenvalue weighted by Gasteiger charge is 2.19. The van der Waals surface area contributed by atoms with E-state index >= 15 is 0 Å². The maximum Gasteiger partial charge on any atom is 0.253 e. The Kier molecular flexibility index (Phi) is 4.73. The number of aromatic nitrogens is 1. The Hall–Kier alpha value is -1.58. The van der Waals surface area contributed by atoms with Gasteiger partial charge in [0.1, 0.15) is 0 Å². The molecule has 0 atom stereocenters. The lowest BCUT2D eigenvalue weighted by Gasteiger charge is -2.23. The molecule has 2 N–H and O–H groups in total. The van der Waals surface area contributed by atoms with Crippen LogP contribution in [0.25, 0.3) is 0 Å². The summed E-state index contributed by atoms with van der Waals surface area (Å²) in [6.45, 7) is 0. The third kappa shape index (κ3) is 3.96. The van der Waals surface area contributed by atoms with Crippen LogP contribution in [0, 0.1) is 0 Å². The Morgan fingerprint density at radius 2 is 1.62 bits per heavy atom. The summed E-state index contributed by atoms with van der Waals surface area (Å²) in [5.41, 5.74) is 1.64. The zero-order valence-electron chi connectivity index (χ0n) is 12.6. The number of amides is 1. The predicted molar refractivity (Wildman–Crippen MR) is 84.5 cm³/mol. The summed E-state index contributed by atoms with van der Waals surface area (Å²) in [5, 5.41) is 6.65. The number of carbonyl (C=O) groups is 1. The zero-order chi connectivity index (χ0) is 14.5. The maximum absolute atomic E-state index is 12.3. The molecule has 114 valence electrons. The molecule has 2 aliphatic carbocycles. The van der Waals surface area contributed by atoms with Crippen LogP contribution in [0.1, 0.15) is 68.1 Å². The lowest BCUT2D eigenvalue weighted by molar-refractivity contribution is 0.0937. The van der Waals surface area contributed by atoms with Crippen LogP contribution >= 0.6 is 0 Å². The number of hydrogen-bond acceptors (Lipinski definition) is 3. The molecule has 4 heteroatoms. The highest BCUT2D eigenvalue weighted by atomic mass is 16.1. The van der Waals surface area contributed by atoms with Crippen molar-refractivity contribution in [2.24, 2.45) is 0 Å². The van der Waals surface area contributed by atoms with Crippen LogP contribution < -0.4 is 10.6 Å². The minimum Gasteiger partial charge on any atom is -0.381 e. The smallest absolute Gasteiger partial charge is 0.253 e. The molecule has 1 aromatic rings. The molecule has 3 rings (SSSR count). The molecule has 2 fully saturated rings. The minimum atomic E-state index is 0.0155. The van der Waals surface area contributed by atoms with Crippen molar-refractivity contribution in [3.63, 3.8) is 0 Å². The van der Waals surface area contributed by atoms with Crippen LogP contribution in [0.2, 0.25) is 0 Å². The fourth-order valence-electron chi connectivity index (χ4n) is 3.46.